The summed E-state index contributed by atoms with van der Waals surface area (Å²) in [5, 5.41) is 4.58. The van der Waals surface area contributed by atoms with Gasteiger partial charge in [0, 0.05) is 5.56 Å². The molecule has 1 aromatic carbocycles. The first-order valence-corrected chi connectivity index (χ1v) is 5.93. The highest BCUT2D eigenvalue weighted by molar-refractivity contribution is 5.77. The Balaban J connectivity index is 2.22. The van der Waals surface area contributed by atoms with Crippen LogP contribution in [0.25, 0.3) is 5.69 Å². The molecule has 0 bridgehead atoms. The van der Waals surface area contributed by atoms with E-state index in [9.17, 15) is 4.79 Å². The number of rotatable bonds is 2. The molecular formula is C14H14N2O. The van der Waals surface area contributed by atoms with Gasteiger partial charge in [0.25, 0.3) is 0 Å². The number of nitrogens with zero attached hydrogens (tertiary/aromatic N) is 2. The number of benzene rings is 1. The molecule has 0 N–H and O–H groups in total. The van der Waals surface area contributed by atoms with Crippen molar-refractivity contribution < 1.29 is 4.79 Å². The molecule has 1 aliphatic rings. The second kappa shape index (κ2) is 3.84. The molecule has 17 heavy (non-hydrogen) atoms. The van der Waals surface area contributed by atoms with Crippen LogP contribution in [0.15, 0.2) is 24.3 Å². The second-order valence-corrected chi connectivity index (χ2v) is 4.48. The Kier molecular flexibility index (Phi) is 2.32. The minimum Gasteiger partial charge on any atom is -0.296 e. The van der Waals surface area contributed by atoms with Crippen LogP contribution >= 0.6 is 0 Å². The van der Waals surface area contributed by atoms with Gasteiger partial charge in [0.1, 0.15) is 5.69 Å². The Morgan fingerprint density at radius 3 is 2.88 bits per heavy atom. The van der Waals surface area contributed by atoms with Gasteiger partial charge in [0.05, 0.1) is 11.4 Å². The van der Waals surface area contributed by atoms with Gasteiger partial charge in [-0.2, -0.15) is 5.10 Å². The highest BCUT2D eigenvalue weighted by Crippen LogP contribution is 2.26. The van der Waals surface area contributed by atoms with Gasteiger partial charge in [-0.15, -0.1) is 0 Å². The summed E-state index contributed by atoms with van der Waals surface area (Å²) < 4.78 is 1.80. The topological polar surface area (TPSA) is 34.9 Å². The van der Waals surface area contributed by atoms with Crippen LogP contribution in [0.2, 0.25) is 0 Å². The van der Waals surface area contributed by atoms with Gasteiger partial charge in [-0.3, -0.25) is 4.79 Å². The van der Waals surface area contributed by atoms with Gasteiger partial charge in [0.2, 0.25) is 0 Å². The Bertz CT molecular complexity index is 584. The normalized spacial score (nSPS) is 13.7. The fourth-order valence-corrected chi connectivity index (χ4v) is 2.52. The summed E-state index contributed by atoms with van der Waals surface area (Å²) in [6, 6.07) is 8.02. The van der Waals surface area contributed by atoms with Crippen LogP contribution in [-0.4, -0.2) is 16.1 Å². The molecule has 0 unspecified atom stereocenters. The van der Waals surface area contributed by atoms with E-state index < -0.39 is 0 Å². The lowest BCUT2D eigenvalue weighted by atomic mass is 10.2. The van der Waals surface area contributed by atoms with Gasteiger partial charge >= 0.3 is 0 Å². The van der Waals surface area contributed by atoms with E-state index in [1.165, 1.54) is 0 Å². The fraction of sp³-hybridized carbons (Fsp3) is 0.286. The number of hydrogen-bond donors (Lipinski definition) is 0. The monoisotopic (exact) mass is 226 g/mol. The standard InChI is InChI=1S/C14H14N2O/c1-10-5-2-3-8-13(10)16-14(9-17)11-6-4-7-12(11)15-16/h2-3,5,8-9H,4,6-7H2,1H3. The zero-order chi connectivity index (χ0) is 11.8. The Morgan fingerprint density at radius 1 is 1.29 bits per heavy atom. The lowest BCUT2D eigenvalue weighted by Crippen LogP contribution is -2.05. The number of carbonyl (C=O) groups is 1. The van der Waals surface area contributed by atoms with Crippen LogP contribution in [0.1, 0.15) is 33.7 Å². The van der Waals surface area contributed by atoms with E-state index in [4.69, 9.17) is 0 Å². The smallest absolute Gasteiger partial charge is 0.168 e. The molecule has 2 aromatic rings. The zero-order valence-corrected chi connectivity index (χ0v) is 9.81. The molecule has 3 rings (SSSR count). The van der Waals surface area contributed by atoms with Crippen LogP contribution in [0.5, 0.6) is 0 Å². The molecule has 0 radical (unpaired) electrons. The van der Waals surface area contributed by atoms with Crippen LogP contribution in [0.3, 0.4) is 0 Å². The number of aryl methyl sites for hydroxylation is 2. The van der Waals surface area contributed by atoms with Crippen LogP contribution in [0.4, 0.5) is 0 Å². The van der Waals surface area contributed by atoms with Gasteiger partial charge in [-0.25, -0.2) is 4.68 Å². The average molecular weight is 226 g/mol. The predicted octanol–water partition coefficient (Wildman–Crippen LogP) is 2.48. The van der Waals surface area contributed by atoms with E-state index in [0.29, 0.717) is 0 Å². The van der Waals surface area contributed by atoms with Crippen LogP contribution in [0, 0.1) is 6.92 Å². The van der Waals surface area contributed by atoms with Crippen molar-refractivity contribution in [2.24, 2.45) is 0 Å². The maximum absolute atomic E-state index is 11.3. The summed E-state index contributed by atoms with van der Waals surface area (Å²) >= 11 is 0. The summed E-state index contributed by atoms with van der Waals surface area (Å²) in [7, 11) is 0. The molecule has 1 aliphatic carbocycles. The van der Waals surface area contributed by atoms with E-state index in [0.717, 1.165) is 53.8 Å². The van der Waals surface area contributed by atoms with Gasteiger partial charge < -0.3 is 0 Å². The number of carbonyl (C=O) groups excluding carboxylic acids is 1. The van der Waals surface area contributed by atoms with Crippen molar-refractivity contribution >= 4 is 6.29 Å². The molecule has 0 spiro atoms. The summed E-state index contributed by atoms with van der Waals surface area (Å²) in [6.45, 7) is 2.04. The molecule has 86 valence electrons. The van der Waals surface area contributed by atoms with Crippen molar-refractivity contribution in [3.8, 4) is 5.69 Å². The summed E-state index contributed by atoms with van der Waals surface area (Å²) in [5.74, 6) is 0. The molecule has 0 saturated carbocycles. The first-order chi connectivity index (χ1) is 8.31. The SMILES string of the molecule is Cc1ccccc1-n1nc2c(c1C=O)CCC2. The first kappa shape index (κ1) is 10.3. The highest BCUT2D eigenvalue weighted by atomic mass is 16.1. The lowest BCUT2D eigenvalue weighted by Gasteiger charge is -2.07. The number of fused-ring (bicyclic) bond motifs is 1. The Labute approximate surface area is 100 Å². The highest BCUT2D eigenvalue weighted by Gasteiger charge is 2.22. The van der Waals surface area contributed by atoms with Crippen molar-refractivity contribution in [3.63, 3.8) is 0 Å². The molecule has 0 saturated heterocycles. The molecular weight excluding hydrogens is 212 g/mol. The summed E-state index contributed by atoms with van der Waals surface area (Å²) in [4.78, 5) is 11.3. The maximum Gasteiger partial charge on any atom is 0.168 e. The molecule has 1 heterocycles. The van der Waals surface area contributed by atoms with Crippen molar-refractivity contribution in [1.82, 2.24) is 9.78 Å². The third-order valence-electron chi connectivity index (χ3n) is 3.40. The number of para-hydroxylation sites is 1. The molecule has 3 nitrogen and oxygen atoms in total. The van der Waals surface area contributed by atoms with Crippen LogP contribution < -0.4 is 0 Å². The average Bonchev–Trinajstić information content (AvgIpc) is 2.89. The first-order valence-electron chi connectivity index (χ1n) is 5.93. The van der Waals surface area contributed by atoms with Crippen molar-refractivity contribution in [3.05, 3.63) is 46.8 Å². The Hall–Kier alpha value is -1.90. The largest absolute Gasteiger partial charge is 0.296 e. The van der Waals surface area contributed by atoms with Crippen LogP contribution in [-0.2, 0) is 12.8 Å². The summed E-state index contributed by atoms with van der Waals surface area (Å²) in [6.07, 6.45) is 4.03. The van der Waals surface area contributed by atoms with E-state index in [-0.39, 0.29) is 0 Å². The minimum atomic E-state index is 0.729. The van der Waals surface area contributed by atoms with Crippen molar-refractivity contribution in [1.29, 1.82) is 0 Å². The Morgan fingerprint density at radius 2 is 2.12 bits per heavy atom. The minimum absolute atomic E-state index is 0.729. The van der Waals surface area contributed by atoms with Gasteiger partial charge in [-0.05, 0) is 37.8 Å². The number of aldehydes is 1. The van der Waals surface area contributed by atoms with E-state index >= 15 is 0 Å². The second-order valence-electron chi connectivity index (χ2n) is 4.48. The third-order valence-corrected chi connectivity index (χ3v) is 3.40. The number of hydrogen-bond acceptors (Lipinski definition) is 2. The van der Waals surface area contributed by atoms with E-state index in [1.54, 1.807) is 4.68 Å². The third kappa shape index (κ3) is 1.50. The van der Waals surface area contributed by atoms with Gasteiger partial charge in [-0.1, -0.05) is 18.2 Å². The predicted molar refractivity (Wildman–Crippen MR) is 65.7 cm³/mol. The number of aromatic nitrogens is 2. The molecule has 3 heteroatoms. The molecule has 0 fully saturated rings. The lowest BCUT2D eigenvalue weighted by molar-refractivity contribution is 0.111. The molecule has 0 atom stereocenters. The molecule has 0 aliphatic heterocycles. The molecule has 1 aromatic heterocycles. The van der Waals surface area contributed by atoms with Crippen molar-refractivity contribution in [2.75, 3.05) is 0 Å². The zero-order valence-electron chi connectivity index (χ0n) is 9.81. The quantitative estimate of drug-likeness (QED) is 0.737. The van der Waals surface area contributed by atoms with Gasteiger partial charge in [0.15, 0.2) is 6.29 Å². The maximum atomic E-state index is 11.3. The fourth-order valence-electron chi connectivity index (χ4n) is 2.52. The van der Waals surface area contributed by atoms with Crippen molar-refractivity contribution in [2.45, 2.75) is 26.2 Å². The van der Waals surface area contributed by atoms with E-state index in [1.807, 2.05) is 31.2 Å². The summed E-state index contributed by atoms with van der Waals surface area (Å²) in [5.41, 5.74) is 5.10. The van der Waals surface area contributed by atoms with E-state index in [2.05, 4.69) is 5.10 Å². The molecule has 0 amide bonds.